The summed E-state index contributed by atoms with van der Waals surface area (Å²) in [4.78, 5) is 40.6. The first kappa shape index (κ1) is 21.6. The second-order valence-corrected chi connectivity index (χ2v) is 11.0. The van der Waals surface area contributed by atoms with Gasteiger partial charge in [0.2, 0.25) is 0 Å². The van der Waals surface area contributed by atoms with Crippen molar-refractivity contribution in [1.82, 2.24) is 4.90 Å². The van der Waals surface area contributed by atoms with Crippen LogP contribution in [0.1, 0.15) is 79.1 Å². The topological polar surface area (TPSA) is 63.7 Å². The lowest BCUT2D eigenvalue weighted by atomic mass is 9.60. The Labute approximate surface area is 180 Å². The number of hydrogen-bond acceptors (Lipinski definition) is 4. The van der Waals surface area contributed by atoms with Gasteiger partial charge in [0.05, 0.1) is 0 Å². The third-order valence-corrected chi connectivity index (χ3v) is 7.92. The highest BCUT2D eigenvalue weighted by Gasteiger charge is 2.50. The molecule has 5 heteroatoms. The summed E-state index contributed by atoms with van der Waals surface area (Å²) in [5.41, 5.74) is -0.552. The second kappa shape index (κ2) is 8.12. The molecular formula is C25H37NO4. The van der Waals surface area contributed by atoms with Gasteiger partial charge >= 0.3 is 6.09 Å². The van der Waals surface area contributed by atoms with Crippen molar-refractivity contribution >= 4 is 17.7 Å². The van der Waals surface area contributed by atoms with Crippen LogP contribution in [0, 0.1) is 29.6 Å². The standard InChI is InChI=1S/C25H37NO4/c1-15-9-10-20-21(26(15)24(29)30-25(2,3)4)13-16(14-23(20)28)17-11-12-22(27)19-8-6-5-7-18(17)19/h11-12,15-21H,5-10,13-14H2,1-4H3/t15-,16-,17-,18-,19+,20+,21+/m0/s1. The van der Waals surface area contributed by atoms with E-state index < -0.39 is 5.60 Å². The summed E-state index contributed by atoms with van der Waals surface area (Å²) in [6.45, 7) is 7.74. The molecule has 1 heterocycles. The summed E-state index contributed by atoms with van der Waals surface area (Å²) in [6.07, 6.45) is 11.1. The number of nitrogens with zero attached hydrogens (tertiary/aromatic N) is 1. The largest absolute Gasteiger partial charge is 0.444 e. The van der Waals surface area contributed by atoms with Gasteiger partial charge in [0, 0.05) is 30.3 Å². The molecule has 1 amide bonds. The third kappa shape index (κ3) is 4.09. The first-order valence-electron chi connectivity index (χ1n) is 11.9. The van der Waals surface area contributed by atoms with Gasteiger partial charge in [-0.1, -0.05) is 18.9 Å². The van der Waals surface area contributed by atoms with Gasteiger partial charge in [0.15, 0.2) is 5.78 Å². The lowest BCUT2D eigenvalue weighted by molar-refractivity contribution is -0.134. The number of Topliss-reactive ketones (excluding diaryl/α,β-unsaturated/α-hetero) is 1. The predicted molar refractivity (Wildman–Crippen MR) is 115 cm³/mol. The zero-order valence-corrected chi connectivity index (χ0v) is 18.9. The number of rotatable bonds is 1. The van der Waals surface area contributed by atoms with Gasteiger partial charge in [-0.3, -0.25) is 9.59 Å². The van der Waals surface area contributed by atoms with Crippen LogP contribution in [0.2, 0.25) is 0 Å². The number of likely N-dealkylation sites (tertiary alicyclic amines) is 1. The molecule has 0 aromatic rings. The van der Waals surface area contributed by atoms with E-state index in [1.54, 1.807) is 6.08 Å². The van der Waals surface area contributed by atoms with E-state index in [2.05, 4.69) is 13.0 Å². The second-order valence-electron chi connectivity index (χ2n) is 11.0. The molecule has 166 valence electrons. The smallest absolute Gasteiger partial charge is 0.410 e. The Morgan fingerprint density at radius 1 is 1.07 bits per heavy atom. The van der Waals surface area contributed by atoms with E-state index in [4.69, 9.17) is 4.74 Å². The van der Waals surface area contributed by atoms with Crippen LogP contribution >= 0.6 is 0 Å². The van der Waals surface area contributed by atoms with E-state index in [1.165, 1.54) is 6.42 Å². The van der Waals surface area contributed by atoms with Gasteiger partial charge in [-0.2, -0.15) is 0 Å². The number of amides is 1. The fourth-order valence-corrected chi connectivity index (χ4v) is 6.61. The Morgan fingerprint density at radius 3 is 2.53 bits per heavy atom. The predicted octanol–water partition coefficient (Wildman–Crippen LogP) is 4.93. The molecule has 1 aliphatic heterocycles. The maximum Gasteiger partial charge on any atom is 0.410 e. The van der Waals surface area contributed by atoms with Crippen LogP contribution in [-0.4, -0.2) is 40.2 Å². The molecule has 1 saturated heterocycles. The van der Waals surface area contributed by atoms with Gasteiger partial charge in [0.1, 0.15) is 11.4 Å². The molecule has 3 fully saturated rings. The van der Waals surface area contributed by atoms with E-state index in [9.17, 15) is 14.4 Å². The van der Waals surface area contributed by atoms with Crippen molar-refractivity contribution in [2.24, 2.45) is 29.6 Å². The first-order valence-corrected chi connectivity index (χ1v) is 11.9. The van der Waals surface area contributed by atoms with Gasteiger partial charge in [-0.05, 0) is 83.6 Å². The minimum Gasteiger partial charge on any atom is -0.444 e. The van der Waals surface area contributed by atoms with Crippen LogP contribution in [0.4, 0.5) is 4.79 Å². The molecule has 0 bridgehead atoms. The summed E-state index contributed by atoms with van der Waals surface area (Å²) in [6, 6.07) is 0.00136. The average Bonchev–Trinajstić information content (AvgIpc) is 2.66. The minimum atomic E-state index is -0.552. The molecule has 3 aliphatic carbocycles. The van der Waals surface area contributed by atoms with Crippen molar-refractivity contribution in [2.45, 2.75) is 96.7 Å². The van der Waals surface area contributed by atoms with E-state index in [0.717, 1.165) is 38.5 Å². The molecule has 2 saturated carbocycles. The summed E-state index contributed by atoms with van der Waals surface area (Å²) in [5, 5.41) is 0. The fraction of sp³-hybridized carbons (Fsp3) is 0.800. The van der Waals surface area contributed by atoms with Gasteiger partial charge in [-0.15, -0.1) is 0 Å². The number of hydrogen-bond donors (Lipinski definition) is 0. The molecule has 0 spiro atoms. The summed E-state index contributed by atoms with van der Waals surface area (Å²) < 4.78 is 5.73. The molecule has 0 aromatic carbocycles. The number of carbonyl (C=O) groups excluding carboxylic acids is 3. The van der Waals surface area contributed by atoms with Crippen LogP contribution in [0.15, 0.2) is 12.2 Å². The van der Waals surface area contributed by atoms with Crippen molar-refractivity contribution in [3.63, 3.8) is 0 Å². The van der Waals surface area contributed by atoms with E-state index in [-0.39, 0.29) is 47.6 Å². The zero-order chi connectivity index (χ0) is 21.6. The van der Waals surface area contributed by atoms with Crippen molar-refractivity contribution in [2.75, 3.05) is 0 Å². The quantitative estimate of drug-likeness (QED) is 0.609. The Bertz CT molecular complexity index is 736. The number of ether oxygens (including phenoxy) is 1. The fourth-order valence-electron chi connectivity index (χ4n) is 6.61. The third-order valence-electron chi connectivity index (χ3n) is 7.92. The zero-order valence-electron chi connectivity index (χ0n) is 18.9. The van der Waals surface area contributed by atoms with Gasteiger partial charge in [-0.25, -0.2) is 4.79 Å². The number of ketones is 2. The summed E-state index contributed by atoms with van der Waals surface area (Å²) in [5.74, 6) is 1.49. The lowest BCUT2D eigenvalue weighted by Gasteiger charge is -2.50. The maximum absolute atomic E-state index is 13.2. The number of fused-ring (bicyclic) bond motifs is 2. The molecule has 30 heavy (non-hydrogen) atoms. The van der Waals surface area contributed by atoms with E-state index in [1.807, 2.05) is 25.7 Å². The average molecular weight is 416 g/mol. The molecular weight excluding hydrogens is 378 g/mol. The molecule has 0 unspecified atom stereocenters. The molecule has 0 aromatic heterocycles. The minimum absolute atomic E-state index is 0.0682. The molecule has 0 N–H and O–H groups in total. The Balaban J connectivity index is 1.58. The summed E-state index contributed by atoms with van der Waals surface area (Å²) >= 11 is 0. The molecule has 0 radical (unpaired) electrons. The SMILES string of the molecule is C[C@H]1CC[C@H]2C(=O)C[C@@H]([C@@H]3C=CC(=O)[C@@H]4CCCC[C@@H]34)C[C@H]2N1C(=O)OC(C)(C)C. The molecule has 5 nitrogen and oxygen atoms in total. The molecule has 7 atom stereocenters. The highest BCUT2D eigenvalue weighted by molar-refractivity contribution is 5.93. The highest BCUT2D eigenvalue weighted by Crippen LogP contribution is 2.48. The molecule has 4 aliphatic rings. The van der Waals surface area contributed by atoms with Crippen LogP contribution in [0.5, 0.6) is 0 Å². The first-order chi connectivity index (χ1) is 14.2. The Kier molecular flexibility index (Phi) is 5.84. The van der Waals surface area contributed by atoms with Gasteiger partial charge in [0.25, 0.3) is 0 Å². The lowest BCUT2D eigenvalue weighted by Crippen LogP contribution is -2.59. The van der Waals surface area contributed by atoms with Crippen LogP contribution in [-0.2, 0) is 14.3 Å². The van der Waals surface area contributed by atoms with Crippen LogP contribution in [0.25, 0.3) is 0 Å². The number of piperidine rings is 1. The number of carbonyl (C=O) groups is 3. The van der Waals surface area contributed by atoms with Crippen molar-refractivity contribution in [3.8, 4) is 0 Å². The maximum atomic E-state index is 13.2. The Hall–Kier alpha value is -1.65. The van der Waals surface area contributed by atoms with E-state index >= 15 is 0 Å². The highest BCUT2D eigenvalue weighted by atomic mass is 16.6. The Morgan fingerprint density at radius 2 is 1.80 bits per heavy atom. The van der Waals surface area contributed by atoms with Crippen LogP contribution < -0.4 is 0 Å². The normalized spacial score (nSPS) is 39.3. The summed E-state index contributed by atoms with van der Waals surface area (Å²) in [7, 11) is 0. The van der Waals surface area contributed by atoms with E-state index in [0.29, 0.717) is 18.1 Å². The van der Waals surface area contributed by atoms with Crippen molar-refractivity contribution in [3.05, 3.63) is 12.2 Å². The molecule has 4 rings (SSSR count). The van der Waals surface area contributed by atoms with Crippen molar-refractivity contribution in [1.29, 1.82) is 0 Å². The van der Waals surface area contributed by atoms with Crippen molar-refractivity contribution < 1.29 is 19.1 Å². The monoisotopic (exact) mass is 415 g/mol. The van der Waals surface area contributed by atoms with Gasteiger partial charge < -0.3 is 9.64 Å². The number of allylic oxidation sites excluding steroid dienone is 2. The van der Waals surface area contributed by atoms with Crippen LogP contribution in [0.3, 0.4) is 0 Å².